The molecule has 23 heavy (non-hydrogen) atoms. The monoisotopic (exact) mass is 349 g/mol. The van der Waals surface area contributed by atoms with Gasteiger partial charge in [0.15, 0.2) is 0 Å². The van der Waals surface area contributed by atoms with E-state index in [-0.39, 0.29) is 5.54 Å². The Hall–Kier alpha value is -1.28. The molecule has 5 nitrogen and oxygen atoms in total. The van der Waals surface area contributed by atoms with Crippen LogP contribution in [0.25, 0.3) is 0 Å². The van der Waals surface area contributed by atoms with Crippen LogP contribution in [-0.4, -0.2) is 36.9 Å². The van der Waals surface area contributed by atoms with E-state index in [9.17, 15) is 8.42 Å². The van der Waals surface area contributed by atoms with Crippen molar-refractivity contribution in [3.8, 4) is 0 Å². The third-order valence-corrected chi connectivity index (χ3v) is 7.60. The zero-order valence-electron chi connectivity index (χ0n) is 12.9. The molecule has 0 unspecified atom stereocenters. The number of likely N-dealkylation sites (tertiary alicyclic amines) is 1. The molecular formula is C16H19N3O2S2. The van der Waals surface area contributed by atoms with E-state index in [0.717, 1.165) is 37.4 Å². The number of thiophene rings is 1. The SMILES string of the molecule is Cc1cccc(CN2C[C@H]3C[C@@]3(NS(=O)(=O)c3cccs3)C2)n1. The van der Waals surface area contributed by atoms with Gasteiger partial charge in [0.2, 0.25) is 0 Å². The third kappa shape index (κ3) is 2.94. The van der Waals surface area contributed by atoms with Crippen molar-refractivity contribution in [2.24, 2.45) is 5.92 Å². The van der Waals surface area contributed by atoms with Crippen molar-refractivity contribution in [2.75, 3.05) is 13.1 Å². The smallest absolute Gasteiger partial charge is 0.250 e. The zero-order chi connectivity index (χ0) is 16.1. The number of nitrogens with one attached hydrogen (secondary N) is 1. The molecule has 4 rings (SSSR count). The number of hydrogen-bond acceptors (Lipinski definition) is 5. The molecule has 2 atom stereocenters. The molecule has 2 aromatic heterocycles. The average Bonchev–Trinajstić information content (AvgIpc) is 2.89. The minimum Gasteiger partial charge on any atom is -0.295 e. The van der Waals surface area contributed by atoms with Gasteiger partial charge in [0.1, 0.15) is 4.21 Å². The summed E-state index contributed by atoms with van der Waals surface area (Å²) in [6.07, 6.45) is 0.940. The molecule has 0 bridgehead atoms. The molecule has 2 aliphatic rings. The maximum Gasteiger partial charge on any atom is 0.250 e. The Labute approximate surface area is 140 Å². The molecule has 1 aliphatic heterocycles. The number of hydrogen-bond donors (Lipinski definition) is 1. The average molecular weight is 349 g/mol. The first-order valence-electron chi connectivity index (χ1n) is 7.69. The second kappa shape index (κ2) is 5.37. The maximum absolute atomic E-state index is 12.5. The lowest BCUT2D eigenvalue weighted by molar-refractivity contribution is 0.283. The molecule has 0 aromatic carbocycles. The van der Waals surface area contributed by atoms with Crippen LogP contribution in [0.15, 0.2) is 39.9 Å². The van der Waals surface area contributed by atoms with E-state index >= 15 is 0 Å². The summed E-state index contributed by atoms with van der Waals surface area (Å²) in [4.78, 5) is 6.83. The van der Waals surface area contributed by atoms with Gasteiger partial charge in [0.05, 0.1) is 11.2 Å². The van der Waals surface area contributed by atoms with Gasteiger partial charge in [-0.2, -0.15) is 0 Å². The predicted molar refractivity (Wildman–Crippen MR) is 89.7 cm³/mol. The van der Waals surface area contributed by atoms with Crippen molar-refractivity contribution >= 4 is 21.4 Å². The minimum atomic E-state index is -3.39. The molecule has 0 radical (unpaired) electrons. The summed E-state index contributed by atoms with van der Waals surface area (Å²) in [6.45, 7) is 4.46. The molecule has 2 aromatic rings. The van der Waals surface area contributed by atoms with Gasteiger partial charge < -0.3 is 0 Å². The first-order chi connectivity index (χ1) is 11.0. The highest BCUT2D eigenvalue weighted by molar-refractivity contribution is 7.91. The second-order valence-corrected chi connectivity index (χ2v) is 9.39. The van der Waals surface area contributed by atoms with Crippen LogP contribution in [0.4, 0.5) is 0 Å². The number of piperidine rings is 1. The third-order valence-electron chi connectivity index (χ3n) is 4.65. The highest BCUT2D eigenvalue weighted by Crippen LogP contribution is 2.50. The van der Waals surface area contributed by atoms with Crippen molar-refractivity contribution < 1.29 is 8.42 Å². The Kier molecular flexibility index (Phi) is 3.57. The van der Waals surface area contributed by atoms with E-state index in [1.807, 2.05) is 25.1 Å². The standard InChI is InChI=1S/C16H19N3O2S2/c1-12-4-2-5-14(17-12)10-19-9-13-8-16(13,11-19)18-23(20,21)15-6-3-7-22-15/h2-7,13,18H,8-11H2,1H3/t13-,16-/m1/s1. The Balaban J connectivity index is 1.44. The van der Waals surface area contributed by atoms with Crippen LogP contribution < -0.4 is 4.72 Å². The maximum atomic E-state index is 12.5. The Morgan fingerprint density at radius 3 is 3.00 bits per heavy atom. The fourth-order valence-corrected chi connectivity index (χ4v) is 5.97. The molecular weight excluding hydrogens is 330 g/mol. The molecule has 0 amide bonds. The molecule has 1 saturated carbocycles. The highest BCUT2D eigenvalue weighted by Gasteiger charge is 2.61. The topological polar surface area (TPSA) is 62.3 Å². The molecule has 7 heteroatoms. The summed E-state index contributed by atoms with van der Waals surface area (Å²) in [7, 11) is -3.39. The Morgan fingerprint density at radius 1 is 1.39 bits per heavy atom. The molecule has 2 fully saturated rings. The van der Waals surface area contributed by atoms with Crippen molar-refractivity contribution in [2.45, 2.75) is 29.6 Å². The van der Waals surface area contributed by atoms with Crippen LogP contribution in [0, 0.1) is 12.8 Å². The van der Waals surface area contributed by atoms with Crippen LogP contribution in [0.5, 0.6) is 0 Å². The lowest BCUT2D eigenvalue weighted by Crippen LogP contribution is -2.41. The second-order valence-electron chi connectivity index (χ2n) is 6.53. The fourth-order valence-electron chi connectivity index (χ4n) is 3.52. The molecule has 3 heterocycles. The minimum absolute atomic E-state index is 0.271. The summed E-state index contributed by atoms with van der Waals surface area (Å²) >= 11 is 1.26. The highest BCUT2D eigenvalue weighted by atomic mass is 32.2. The van der Waals surface area contributed by atoms with Crippen LogP contribution in [0.1, 0.15) is 17.8 Å². The van der Waals surface area contributed by atoms with Gasteiger partial charge in [0, 0.05) is 25.3 Å². The van der Waals surface area contributed by atoms with Crippen molar-refractivity contribution in [3.63, 3.8) is 0 Å². The lowest BCUT2D eigenvalue weighted by atomic mass is 10.2. The molecule has 122 valence electrons. The fraction of sp³-hybridized carbons (Fsp3) is 0.438. The normalized spacial score (nSPS) is 27.1. The van der Waals surface area contributed by atoms with E-state index in [1.165, 1.54) is 11.3 Å². The molecule has 1 N–H and O–H groups in total. The quantitative estimate of drug-likeness (QED) is 0.897. The van der Waals surface area contributed by atoms with E-state index in [0.29, 0.717) is 10.1 Å². The number of aromatic nitrogens is 1. The van der Waals surface area contributed by atoms with Gasteiger partial charge in [-0.3, -0.25) is 9.88 Å². The van der Waals surface area contributed by atoms with E-state index in [2.05, 4.69) is 14.6 Å². The number of rotatable bonds is 5. The largest absolute Gasteiger partial charge is 0.295 e. The van der Waals surface area contributed by atoms with Crippen LogP contribution in [-0.2, 0) is 16.6 Å². The first-order valence-corrected chi connectivity index (χ1v) is 10.1. The molecule has 1 saturated heterocycles. The summed E-state index contributed by atoms with van der Waals surface area (Å²) in [5.74, 6) is 0.419. The van der Waals surface area contributed by atoms with Crippen LogP contribution in [0.3, 0.4) is 0 Å². The Morgan fingerprint density at radius 2 is 2.26 bits per heavy atom. The van der Waals surface area contributed by atoms with Gasteiger partial charge in [-0.25, -0.2) is 13.1 Å². The molecule has 0 spiro atoms. The summed E-state index contributed by atoms with van der Waals surface area (Å²) in [5, 5.41) is 1.79. The number of nitrogens with zero attached hydrogens (tertiary/aromatic N) is 2. The van der Waals surface area contributed by atoms with Crippen molar-refractivity contribution in [1.82, 2.24) is 14.6 Å². The number of aryl methyl sites for hydroxylation is 1. The van der Waals surface area contributed by atoms with Gasteiger partial charge in [-0.1, -0.05) is 12.1 Å². The Bertz CT molecular complexity index is 820. The number of fused-ring (bicyclic) bond motifs is 1. The summed E-state index contributed by atoms with van der Waals surface area (Å²) < 4.78 is 28.3. The first kappa shape index (κ1) is 15.3. The molecule has 1 aliphatic carbocycles. The van der Waals surface area contributed by atoms with Gasteiger partial charge >= 0.3 is 0 Å². The van der Waals surface area contributed by atoms with Crippen molar-refractivity contribution in [1.29, 1.82) is 0 Å². The van der Waals surface area contributed by atoms with E-state index in [4.69, 9.17) is 0 Å². The summed E-state index contributed by atoms with van der Waals surface area (Å²) in [5.41, 5.74) is 1.79. The number of pyridine rings is 1. The van der Waals surface area contributed by atoms with Crippen LogP contribution in [0.2, 0.25) is 0 Å². The lowest BCUT2D eigenvalue weighted by Gasteiger charge is -2.21. The van der Waals surface area contributed by atoms with Crippen LogP contribution >= 0.6 is 11.3 Å². The number of sulfonamides is 1. The van der Waals surface area contributed by atoms with Gasteiger partial charge in [0.25, 0.3) is 10.0 Å². The van der Waals surface area contributed by atoms with E-state index < -0.39 is 10.0 Å². The summed E-state index contributed by atoms with van der Waals surface area (Å²) in [6, 6.07) is 9.46. The van der Waals surface area contributed by atoms with Crippen molar-refractivity contribution in [3.05, 3.63) is 47.1 Å². The van der Waals surface area contributed by atoms with Gasteiger partial charge in [-0.05, 0) is 42.8 Å². The predicted octanol–water partition coefficient (Wildman–Crippen LogP) is 2.00. The van der Waals surface area contributed by atoms with Gasteiger partial charge in [-0.15, -0.1) is 11.3 Å². The zero-order valence-corrected chi connectivity index (χ0v) is 14.5. The van der Waals surface area contributed by atoms with E-state index in [1.54, 1.807) is 17.5 Å².